The molecule has 0 saturated heterocycles. The van der Waals surface area contributed by atoms with Gasteiger partial charge >= 0.3 is 0 Å². The SMILES string of the molecule is Cc1ccnc(NCC2CCCCC2N)n1. The zero-order valence-electron chi connectivity index (χ0n) is 9.82. The quantitative estimate of drug-likeness (QED) is 0.814. The average molecular weight is 220 g/mol. The van der Waals surface area contributed by atoms with Crippen LogP contribution in [0.5, 0.6) is 0 Å². The van der Waals surface area contributed by atoms with Gasteiger partial charge < -0.3 is 11.1 Å². The third-order valence-electron chi connectivity index (χ3n) is 3.29. The van der Waals surface area contributed by atoms with Crippen LogP contribution in [0.3, 0.4) is 0 Å². The Hall–Kier alpha value is -1.16. The lowest BCUT2D eigenvalue weighted by Crippen LogP contribution is -2.37. The van der Waals surface area contributed by atoms with Crippen molar-refractivity contribution in [1.29, 1.82) is 0 Å². The van der Waals surface area contributed by atoms with Gasteiger partial charge in [0.15, 0.2) is 0 Å². The van der Waals surface area contributed by atoms with Crippen LogP contribution in [0.25, 0.3) is 0 Å². The summed E-state index contributed by atoms with van der Waals surface area (Å²) in [6.07, 6.45) is 6.74. The fraction of sp³-hybridized carbons (Fsp3) is 0.667. The number of rotatable bonds is 3. The van der Waals surface area contributed by atoms with E-state index in [1.165, 1.54) is 19.3 Å². The summed E-state index contributed by atoms with van der Waals surface area (Å²) in [5.41, 5.74) is 7.08. The Balaban J connectivity index is 1.86. The van der Waals surface area contributed by atoms with Gasteiger partial charge in [0.05, 0.1) is 0 Å². The first-order valence-corrected chi connectivity index (χ1v) is 6.05. The fourth-order valence-corrected chi connectivity index (χ4v) is 2.25. The van der Waals surface area contributed by atoms with Crippen molar-refractivity contribution in [1.82, 2.24) is 9.97 Å². The van der Waals surface area contributed by atoms with E-state index in [1.807, 2.05) is 13.0 Å². The third-order valence-corrected chi connectivity index (χ3v) is 3.29. The summed E-state index contributed by atoms with van der Waals surface area (Å²) >= 11 is 0. The van der Waals surface area contributed by atoms with Gasteiger partial charge in [-0.1, -0.05) is 12.8 Å². The smallest absolute Gasteiger partial charge is 0.222 e. The molecule has 0 bridgehead atoms. The van der Waals surface area contributed by atoms with Gasteiger partial charge in [-0.05, 0) is 31.7 Å². The highest BCUT2D eigenvalue weighted by Crippen LogP contribution is 2.22. The fourth-order valence-electron chi connectivity index (χ4n) is 2.25. The lowest BCUT2D eigenvalue weighted by molar-refractivity contribution is 0.321. The first-order chi connectivity index (χ1) is 7.75. The van der Waals surface area contributed by atoms with Gasteiger partial charge in [-0.3, -0.25) is 0 Å². The minimum Gasteiger partial charge on any atom is -0.354 e. The second-order valence-corrected chi connectivity index (χ2v) is 4.61. The number of nitrogens with zero attached hydrogens (tertiary/aromatic N) is 2. The summed E-state index contributed by atoms with van der Waals surface area (Å²) < 4.78 is 0. The topological polar surface area (TPSA) is 63.8 Å². The van der Waals surface area contributed by atoms with Crippen LogP contribution in [0.1, 0.15) is 31.4 Å². The van der Waals surface area contributed by atoms with Crippen LogP contribution in [0.2, 0.25) is 0 Å². The summed E-state index contributed by atoms with van der Waals surface area (Å²) in [6.45, 7) is 2.86. The molecule has 1 aromatic rings. The summed E-state index contributed by atoms with van der Waals surface area (Å²) in [5, 5.41) is 3.28. The van der Waals surface area contributed by atoms with Crippen LogP contribution in [-0.4, -0.2) is 22.6 Å². The molecule has 88 valence electrons. The molecule has 0 radical (unpaired) electrons. The molecule has 1 aliphatic carbocycles. The lowest BCUT2D eigenvalue weighted by atomic mass is 9.85. The second-order valence-electron chi connectivity index (χ2n) is 4.61. The van der Waals surface area contributed by atoms with Crippen molar-refractivity contribution in [2.45, 2.75) is 38.6 Å². The largest absolute Gasteiger partial charge is 0.354 e. The monoisotopic (exact) mass is 220 g/mol. The van der Waals surface area contributed by atoms with Crippen molar-refractivity contribution in [2.24, 2.45) is 11.7 Å². The Morgan fingerprint density at radius 2 is 2.25 bits per heavy atom. The van der Waals surface area contributed by atoms with Crippen LogP contribution in [0.4, 0.5) is 5.95 Å². The predicted octanol–water partition coefficient (Wildman–Crippen LogP) is 1.71. The van der Waals surface area contributed by atoms with Crippen molar-refractivity contribution in [2.75, 3.05) is 11.9 Å². The number of hydrogen-bond acceptors (Lipinski definition) is 4. The van der Waals surface area contributed by atoms with Crippen LogP contribution in [0.15, 0.2) is 12.3 Å². The highest BCUT2D eigenvalue weighted by atomic mass is 15.1. The molecule has 2 rings (SSSR count). The van der Waals surface area contributed by atoms with Gasteiger partial charge in [-0.25, -0.2) is 9.97 Å². The summed E-state index contributed by atoms with van der Waals surface area (Å²) in [4.78, 5) is 8.51. The molecule has 0 aliphatic heterocycles. The lowest BCUT2D eigenvalue weighted by Gasteiger charge is -2.28. The standard InChI is InChI=1S/C12H20N4/c1-9-6-7-14-12(16-9)15-8-10-4-2-3-5-11(10)13/h6-7,10-11H,2-5,8,13H2,1H3,(H,14,15,16). The minimum atomic E-state index is 0.339. The second kappa shape index (κ2) is 5.25. The Kier molecular flexibility index (Phi) is 3.72. The van der Waals surface area contributed by atoms with E-state index < -0.39 is 0 Å². The normalized spacial score (nSPS) is 25.4. The van der Waals surface area contributed by atoms with E-state index in [0.29, 0.717) is 12.0 Å². The molecule has 0 aromatic carbocycles. The average Bonchev–Trinajstić information content (AvgIpc) is 2.28. The number of anilines is 1. The summed E-state index contributed by atoms with van der Waals surface area (Å²) in [5.74, 6) is 1.29. The number of aromatic nitrogens is 2. The molecule has 4 nitrogen and oxygen atoms in total. The minimum absolute atomic E-state index is 0.339. The van der Waals surface area contributed by atoms with E-state index in [1.54, 1.807) is 6.20 Å². The Morgan fingerprint density at radius 1 is 1.44 bits per heavy atom. The van der Waals surface area contributed by atoms with Gasteiger partial charge in [-0.15, -0.1) is 0 Å². The highest BCUT2D eigenvalue weighted by molar-refractivity contribution is 5.24. The first-order valence-electron chi connectivity index (χ1n) is 6.05. The van der Waals surface area contributed by atoms with E-state index in [9.17, 15) is 0 Å². The maximum absolute atomic E-state index is 6.09. The first kappa shape index (κ1) is 11.3. The molecular weight excluding hydrogens is 200 g/mol. The molecule has 1 heterocycles. The molecule has 2 atom stereocenters. The van der Waals surface area contributed by atoms with Crippen molar-refractivity contribution in [3.63, 3.8) is 0 Å². The zero-order valence-corrected chi connectivity index (χ0v) is 9.82. The molecule has 1 aromatic heterocycles. The van der Waals surface area contributed by atoms with E-state index >= 15 is 0 Å². The number of aryl methyl sites for hydroxylation is 1. The van der Waals surface area contributed by atoms with Crippen LogP contribution in [-0.2, 0) is 0 Å². The number of nitrogens with one attached hydrogen (secondary N) is 1. The highest BCUT2D eigenvalue weighted by Gasteiger charge is 2.21. The Morgan fingerprint density at radius 3 is 3.00 bits per heavy atom. The van der Waals surface area contributed by atoms with Crippen molar-refractivity contribution in [3.8, 4) is 0 Å². The maximum atomic E-state index is 6.09. The van der Waals surface area contributed by atoms with E-state index in [4.69, 9.17) is 5.73 Å². The Bertz CT molecular complexity index is 340. The molecule has 16 heavy (non-hydrogen) atoms. The predicted molar refractivity (Wildman–Crippen MR) is 65.2 cm³/mol. The van der Waals surface area contributed by atoms with Crippen LogP contribution >= 0.6 is 0 Å². The molecule has 0 spiro atoms. The van der Waals surface area contributed by atoms with E-state index in [-0.39, 0.29) is 0 Å². The summed E-state index contributed by atoms with van der Waals surface area (Å²) in [6, 6.07) is 2.24. The molecule has 1 aliphatic rings. The number of hydrogen-bond donors (Lipinski definition) is 2. The molecule has 0 amide bonds. The van der Waals surface area contributed by atoms with Crippen molar-refractivity contribution >= 4 is 5.95 Å². The molecule has 4 heteroatoms. The van der Waals surface area contributed by atoms with Gasteiger partial charge in [0, 0.05) is 24.5 Å². The number of nitrogens with two attached hydrogens (primary N) is 1. The maximum Gasteiger partial charge on any atom is 0.222 e. The van der Waals surface area contributed by atoms with Gasteiger partial charge in [0.1, 0.15) is 0 Å². The van der Waals surface area contributed by atoms with Crippen molar-refractivity contribution in [3.05, 3.63) is 18.0 Å². The van der Waals surface area contributed by atoms with Gasteiger partial charge in [0.2, 0.25) is 5.95 Å². The molecule has 2 unspecified atom stereocenters. The molecule has 3 N–H and O–H groups in total. The zero-order chi connectivity index (χ0) is 11.4. The van der Waals surface area contributed by atoms with Gasteiger partial charge in [0.25, 0.3) is 0 Å². The van der Waals surface area contributed by atoms with Crippen LogP contribution in [0, 0.1) is 12.8 Å². The molecule has 1 saturated carbocycles. The molecule has 1 fully saturated rings. The molecular formula is C12H20N4. The third kappa shape index (κ3) is 2.92. The van der Waals surface area contributed by atoms with Crippen molar-refractivity contribution < 1.29 is 0 Å². The van der Waals surface area contributed by atoms with Gasteiger partial charge in [-0.2, -0.15) is 0 Å². The Labute approximate surface area is 96.7 Å². The van der Waals surface area contributed by atoms with Crippen LogP contribution < -0.4 is 11.1 Å². The summed E-state index contributed by atoms with van der Waals surface area (Å²) in [7, 11) is 0. The van der Waals surface area contributed by atoms with E-state index in [2.05, 4.69) is 15.3 Å². The van der Waals surface area contributed by atoms with E-state index in [0.717, 1.165) is 24.6 Å².